The zero-order valence-corrected chi connectivity index (χ0v) is 11.9. The Bertz CT molecular complexity index is 373. The van der Waals surface area contributed by atoms with Crippen molar-refractivity contribution in [1.29, 1.82) is 0 Å². The van der Waals surface area contributed by atoms with E-state index in [1.807, 2.05) is 7.05 Å². The fraction of sp³-hybridized carbons (Fsp3) is 0.533. The molecule has 0 spiro atoms. The summed E-state index contributed by atoms with van der Waals surface area (Å²) >= 11 is 0. The van der Waals surface area contributed by atoms with Gasteiger partial charge in [-0.2, -0.15) is 0 Å². The number of nitrogens with zero attached hydrogens (tertiary/aromatic N) is 1. The highest BCUT2D eigenvalue weighted by molar-refractivity contribution is 5.78. The van der Waals surface area contributed by atoms with E-state index in [-0.39, 0.29) is 11.9 Å². The fourth-order valence-electron chi connectivity index (χ4n) is 1.78. The van der Waals surface area contributed by atoms with Crippen LogP contribution in [0.2, 0.25) is 0 Å². The second-order valence-corrected chi connectivity index (χ2v) is 4.77. The quantitative estimate of drug-likeness (QED) is 0.785. The van der Waals surface area contributed by atoms with Crippen molar-refractivity contribution in [3.63, 3.8) is 0 Å². The van der Waals surface area contributed by atoms with Gasteiger partial charge < -0.3 is 10.2 Å². The van der Waals surface area contributed by atoms with E-state index in [9.17, 15) is 4.79 Å². The van der Waals surface area contributed by atoms with Crippen LogP contribution in [-0.2, 0) is 4.79 Å². The third kappa shape index (κ3) is 4.15. The van der Waals surface area contributed by atoms with Gasteiger partial charge in [0.2, 0.25) is 5.91 Å². The molecule has 0 aliphatic carbocycles. The summed E-state index contributed by atoms with van der Waals surface area (Å²) in [6.07, 6.45) is 1.05. The summed E-state index contributed by atoms with van der Waals surface area (Å²) in [5.41, 5.74) is 2.41. The van der Waals surface area contributed by atoms with Gasteiger partial charge in [0, 0.05) is 7.05 Å². The molecule has 0 aromatic heterocycles. The Morgan fingerprint density at radius 2 is 1.94 bits per heavy atom. The second kappa shape index (κ2) is 7.17. The lowest BCUT2D eigenvalue weighted by atomic mass is 10.1. The lowest BCUT2D eigenvalue weighted by Crippen LogP contribution is -2.37. The molecule has 0 saturated carbocycles. The number of likely N-dealkylation sites (N-methyl/N-ethyl adjacent to an activating group) is 1. The first-order chi connectivity index (χ1) is 8.56. The van der Waals surface area contributed by atoms with Crippen molar-refractivity contribution < 1.29 is 4.79 Å². The molecular formula is C15H24N2O. The molecule has 1 amide bonds. The first-order valence-electron chi connectivity index (χ1n) is 6.59. The van der Waals surface area contributed by atoms with Gasteiger partial charge in [0.05, 0.1) is 12.6 Å². The molecule has 18 heavy (non-hydrogen) atoms. The van der Waals surface area contributed by atoms with Crippen molar-refractivity contribution in [2.45, 2.75) is 33.2 Å². The molecule has 1 unspecified atom stereocenters. The van der Waals surface area contributed by atoms with Crippen molar-refractivity contribution in [2.75, 3.05) is 20.1 Å². The molecule has 0 aliphatic rings. The summed E-state index contributed by atoms with van der Waals surface area (Å²) in [5, 5.41) is 3.14. The van der Waals surface area contributed by atoms with Gasteiger partial charge in [-0.05, 0) is 32.4 Å². The maximum absolute atomic E-state index is 12.0. The van der Waals surface area contributed by atoms with Crippen LogP contribution in [-0.4, -0.2) is 30.9 Å². The third-order valence-electron chi connectivity index (χ3n) is 3.24. The predicted molar refractivity (Wildman–Crippen MR) is 75.5 cm³/mol. The van der Waals surface area contributed by atoms with Crippen LogP contribution in [0.1, 0.15) is 37.4 Å². The smallest absolute Gasteiger partial charge is 0.236 e. The van der Waals surface area contributed by atoms with Crippen LogP contribution in [0.3, 0.4) is 0 Å². The van der Waals surface area contributed by atoms with E-state index in [2.05, 4.69) is 50.4 Å². The first kappa shape index (κ1) is 14.7. The van der Waals surface area contributed by atoms with Crippen LogP contribution >= 0.6 is 0 Å². The minimum Gasteiger partial charge on any atom is -0.338 e. The zero-order chi connectivity index (χ0) is 13.5. The number of nitrogens with one attached hydrogen (secondary N) is 1. The summed E-state index contributed by atoms with van der Waals surface area (Å²) in [7, 11) is 1.86. The highest BCUT2D eigenvalue weighted by atomic mass is 16.2. The van der Waals surface area contributed by atoms with E-state index in [1.165, 1.54) is 11.1 Å². The molecule has 3 nitrogen and oxygen atoms in total. The number of aryl methyl sites for hydroxylation is 1. The molecule has 0 bridgehead atoms. The molecule has 1 aromatic rings. The van der Waals surface area contributed by atoms with Crippen LogP contribution in [0.15, 0.2) is 24.3 Å². The summed E-state index contributed by atoms with van der Waals surface area (Å²) in [4.78, 5) is 13.8. The average molecular weight is 248 g/mol. The van der Waals surface area contributed by atoms with Gasteiger partial charge >= 0.3 is 0 Å². The Balaban J connectivity index is 2.57. The van der Waals surface area contributed by atoms with E-state index >= 15 is 0 Å². The van der Waals surface area contributed by atoms with E-state index in [4.69, 9.17) is 0 Å². The topological polar surface area (TPSA) is 32.3 Å². The van der Waals surface area contributed by atoms with E-state index in [1.54, 1.807) is 4.90 Å². The largest absolute Gasteiger partial charge is 0.338 e. The molecule has 1 aromatic carbocycles. The lowest BCUT2D eigenvalue weighted by Gasteiger charge is -2.25. The molecule has 1 rings (SSSR count). The van der Waals surface area contributed by atoms with Gasteiger partial charge in [-0.1, -0.05) is 36.8 Å². The number of carbonyl (C=O) groups is 1. The predicted octanol–water partition coefficient (Wildman–Crippen LogP) is 2.51. The number of hydrogen-bond acceptors (Lipinski definition) is 2. The third-order valence-corrected chi connectivity index (χ3v) is 3.24. The molecule has 1 atom stereocenters. The Morgan fingerprint density at radius 1 is 1.33 bits per heavy atom. The molecule has 0 radical (unpaired) electrons. The first-order valence-corrected chi connectivity index (χ1v) is 6.59. The summed E-state index contributed by atoms with van der Waals surface area (Å²) < 4.78 is 0. The van der Waals surface area contributed by atoms with Gasteiger partial charge in [-0.15, -0.1) is 0 Å². The van der Waals surface area contributed by atoms with Gasteiger partial charge in [0.15, 0.2) is 0 Å². The number of hydrogen-bond donors (Lipinski definition) is 1. The highest BCUT2D eigenvalue weighted by Gasteiger charge is 2.16. The SMILES string of the molecule is CCCNCC(=O)N(C)C(C)c1ccc(C)cc1. The Labute approximate surface area is 110 Å². The minimum atomic E-state index is 0.113. The zero-order valence-electron chi connectivity index (χ0n) is 11.9. The van der Waals surface area contributed by atoms with Gasteiger partial charge in [0.25, 0.3) is 0 Å². The molecule has 0 saturated heterocycles. The van der Waals surface area contributed by atoms with E-state index < -0.39 is 0 Å². The Morgan fingerprint density at radius 3 is 2.50 bits per heavy atom. The van der Waals surface area contributed by atoms with Crippen LogP contribution < -0.4 is 5.32 Å². The normalized spacial score (nSPS) is 12.2. The molecule has 100 valence electrons. The maximum Gasteiger partial charge on any atom is 0.236 e. The Kier molecular flexibility index (Phi) is 5.86. The lowest BCUT2D eigenvalue weighted by molar-refractivity contribution is -0.130. The summed E-state index contributed by atoms with van der Waals surface area (Å²) in [6.45, 7) is 7.52. The molecular weight excluding hydrogens is 224 g/mol. The number of amides is 1. The van der Waals surface area contributed by atoms with Gasteiger partial charge in [0.1, 0.15) is 0 Å². The summed E-state index contributed by atoms with van der Waals surface area (Å²) in [5.74, 6) is 0.136. The minimum absolute atomic E-state index is 0.113. The number of rotatable bonds is 6. The van der Waals surface area contributed by atoms with Crippen LogP contribution in [0.5, 0.6) is 0 Å². The molecule has 0 heterocycles. The molecule has 0 aliphatic heterocycles. The Hall–Kier alpha value is -1.35. The van der Waals surface area contributed by atoms with Crippen molar-refractivity contribution >= 4 is 5.91 Å². The molecule has 3 heteroatoms. The average Bonchev–Trinajstić information content (AvgIpc) is 2.38. The van der Waals surface area contributed by atoms with Crippen LogP contribution in [0.4, 0.5) is 0 Å². The van der Waals surface area contributed by atoms with Crippen LogP contribution in [0, 0.1) is 6.92 Å². The van der Waals surface area contributed by atoms with E-state index in [0.717, 1.165) is 13.0 Å². The monoisotopic (exact) mass is 248 g/mol. The van der Waals surface area contributed by atoms with Crippen molar-refractivity contribution in [2.24, 2.45) is 0 Å². The van der Waals surface area contributed by atoms with E-state index in [0.29, 0.717) is 6.54 Å². The molecule has 1 N–H and O–H groups in total. The van der Waals surface area contributed by atoms with Crippen molar-refractivity contribution in [3.05, 3.63) is 35.4 Å². The fourth-order valence-corrected chi connectivity index (χ4v) is 1.78. The standard InChI is InChI=1S/C15H24N2O/c1-5-10-16-11-15(18)17(4)13(3)14-8-6-12(2)7-9-14/h6-9,13,16H,5,10-11H2,1-4H3. The maximum atomic E-state index is 12.0. The summed E-state index contributed by atoms with van der Waals surface area (Å²) in [6, 6.07) is 8.45. The van der Waals surface area contributed by atoms with Crippen LogP contribution in [0.25, 0.3) is 0 Å². The van der Waals surface area contributed by atoms with Gasteiger partial charge in [-0.25, -0.2) is 0 Å². The number of benzene rings is 1. The highest BCUT2D eigenvalue weighted by Crippen LogP contribution is 2.18. The van der Waals surface area contributed by atoms with Gasteiger partial charge in [-0.3, -0.25) is 4.79 Å². The van der Waals surface area contributed by atoms with Crippen molar-refractivity contribution in [3.8, 4) is 0 Å². The second-order valence-electron chi connectivity index (χ2n) is 4.77. The number of carbonyl (C=O) groups excluding carboxylic acids is 1. The molecule has 0 fully saturated rings. The van der Waals surface area contributed by atoms with Crippen molar-refractivity contribution in [1.82, 2.24) is 10.2 Å².